The molecule has 0 aliphatic carbocycles. The molecule has 160 valence electrons. The van der Waals surface area contributed by atoms with Crippen molar-refractivity contribution >= 4 is 29.3 Å². The molecule has 0 atom stereocenters. The maximum Gasteiger partial charge on any atom is 0.251 e. The summed E-state index contributed by atoms with van der Waals surface area (Å²) in [6, 6.07) is 24.6. The first-order chi connectivity index (χ1) is 15.2. The Balaban J connectivity index is 1.19. The molecule has 1 aliphatic heterocycles. The first kappa shape index (κ1) is 21.9. The molecule has 0 spiro atoms. The zero-order valence-corrected chi connectivity index (χ0v) is 19.1. The summed E-state index contributed by atoms with van der Waals surface area (Å²) >= 11 is 7.80. The van der Waals surface area contributed by atoms with Crippen molar-refractivity contribution < 1.29 is 4.79 Å². The van der Waals surface area contributed by atoms with E-state index in [-0.39, 0.29) is 5.91 Å². The van der Waals surface area contributed by atoms with E-state index in [0.717, 1.165) is 42.6 Å². The van der Waals surface area contributed by atoms with E-state index in [4.69, 9.17) is 11.6 Å². The van der Waals surface area contributed by atoms with Crippen LogP contribution in [0.3, 0.4) is 0 Å². The summed E-state index contributed by atoms with van der Waals surface area (Å²) in [7, 11) is 0. The van der Waals surface area contributed by atoms with Gasteiger partial charge in [-0.25, -0.2) is 0 Å². The highest BCUT2D eigenvalue weighted by Crippen LogP contribution is 2.20. The molecule has 5 heteroatoms. The summed E-state index contributed by atoms with van der Waals surface area (Å²) < 4.78 is 0. The molecule has 0 saturated carbocycles. The number of carbonyl (C=O) groups excluding carboxylic acids is 1. The molecule has 1 amide bonds. The van der Waals surface area contributed by atoms with Crippen LogP contribution in [-0.4, -0.2) is 29.6 Å². The third-order valence-corrected chi connectivity index (χ3v) is 6.79. The number of hydrogen-bond donors (Lipinski definition) is 1. The summed E-state index contributed by atoms with van der Waals surface area (Å²) in [6.45, 7) is 3.63. The number of carbonyl (C=O) groups is 1. The van der Waals surface area contributed by atoms with Crippen molar-refractivity contribution in [2.24, 2.45) is 0 Å². The molecule has 1 aliphatic rings. The van der Waals surface area contributed by atoms with Gasteiger partial charge in [-0.3, -0.25) is 9.69 Å². The molecule has 0 unspecified atom stereocenters. The smallest absolute Gasteiger partial charge is 0.251 e. The van der Waals surface area contributed by atoms with Crippen LogP contribution < -0.4 is 5.32 Å². The van der Waals surface area contributed by atoms with Gasteiger partial charge < -0.3 is 5.32 Å². The monoisotopic (exact) mass is 450 g/mol. The van der Waals surface area contributed by atoms with Crippen LogP contribution in [0.25, 0.3) is 0 Å². The number of thioether (sulfide) groups is 1. The number of hydrogen-bond acceptors (Lipinski definition) is 3. The highest BCUT2D eigenvalue weighted by molar-refractivity contribution is 7.98. The Labute approximate surface area is 193 Å². The van der Waals surface area contributed by atoms with E-state index in [2.05, 4.69) is 52.7 Å². The van der Waals surface area contributed by atoms with Crippen molar-refractivity contribution in [2.75, 3.05) is 18.8 Å². The highest BCUT2D eigenvalue weighted by Gasteiger charge is 2.16. The first-order valence-electron chi connectivity index (χ1n) is 10.7. The SMILES string of the molecule is O=C(NCCSCc1cccc(Cl)c1)c1ccc(CN2CCc3ccccc3C2)cc1. The number of benzene rings is 3. The van der Waals surface area contributed by atoms with Crippen LogP contribution >= 0.6 is 23.4 Å². The van der Waals surface area contributed by atoms with E-state index in [1.807, 2.05) is 30.3 Å². The molecular weight excluding hydrogens is 424 g/mol. The van der Waals surface area contributed by atoms with Gasteiger partial charge in [0.15, 0.2) is 0 Å². The number of halogens is 1. The average molecular weight is 451 g/mol. The lowest BCUT2D eigenvalue weighted by Gasteiger charge is -2.28. The molecule has 3 nitrogen and oxygen atoms in total. The second kappa shape index (κ2) is 10.9. The van der Waals surface area contributed by atoms with Crippen LogP contribution in [0.15, 0.2) is 72.8 Å². The van der Waals surface area contributed by atoms with Crippen LogP contribution in [0.1, 0.15) is 32.6 Å². The molecule has 1 N–H and O–H groups in total. The molecule has 0 aromatic heterocycles. The fourth-order valence-electron chi connectivity index (χ4n) is 3.86. The Morgan fingerprint density at radius 1 is 0.968 bits per heavy atom. The van der Waals surface area contributed by atoms with Crippen LogP contribution in [-0.2, 0) is 25.3 Å². The van der Waals surface area contributed by atoms with E-state index < -0.39 is 0 Å². The summed E-state index contributed by atoms with van der Waals surface area (Å²) in [5.74, 6) is 1.75. The molecule has 4 rings (SSSR count). The van der Waals surface area contributed by atoms with Gasteiger partial charge in [-0.15, -0.1) is 0 Å². The molecular formula is C26H27ClN2OS. The Kier molecular flexibility index (Phi) is 7.68. The number of nitrogens with zero attached hydrogens (tertiary/aromatic N) is 1. The van der Waals surface area contributed by atoms with Gasteiger partial charge in [0.2, 0.25) is 0 Å². The Morgan fingerprint density at radius 3 is 2.58 bits per heavy atom. The van der Waals surface area contributed by atoms with E-state index in [0.29, 0.717) is 12.1 Å². The topological polar surface area (TPSA) is 32.3 Å². The molecule has 0 bridgehead atoms. The lowest BCUT2D eigenvalue weighted by molar-refractivity contribution is 0.0956. The molecule has 0 saturated heterocycles. The van der Waals surface area contributed by atoms with Gasteiger partial charge in [0.1, 0.15) is 0 Å². The Bertz CT molecular complexity index is 1020. The number of amides is 1. The number of rotatable bonds is 8. The molecule has 31 heavy (non-hydrogen) atoms. The minimum atomic E-state index is -0.0122. The molecule has 0 fully saturated rings. The van der Waals surface area contributed by atoms with Gasteiger partial charge in [0, 0.05) is 48.3 Å². The van der Waals surface area contributed by atoms with Crippen molar-refractivity contribution in [1.82, 2.24) is 10.2 Å². The maximum atomic E-state index is 12.4. The fourth-order valence-corrected chi connectivity index (χ4v) is 4.88. The van der Waals surface area contributed by atoms with Crippen molar-refractivity contribution in [2.45, 2.75) is 25.3 Å². The van der Waals surface area contributed by atoms with Crippen LogP contribution in [0.4, 0.5) is 0 Å². The largest absolute Gasteiger partial charge is 0.351 e. The minimum absolute atomic E-state index is 0.0122. The lowest BCUT2D eigenvalue weighted by atomic mass is 9.99. The highest BCUT2D eigenvalue weighted by atomic mass is 35.5. The van der Waals surface area contributed by atoms with Crippen LogP contribution in [0.2, 0.25) is 5.02 Å². The van der Waals surface area contributed by atoms with Gasteiger partial charge in [-0.2, -0.15) is 11.8 Å². The standard InChI is InChI=1S/C26H27ClN2OS/c27-25-7-3-4-21(16-25)19-31-15-13-28-26(30)23-10-8-20(9-11-23)17-29-14-12-22-5-1-2-6-24(22)18-29/h1-11,16H,12-15,17-19H2,(H,28,30). The number of fused-ring (bicyclic) bond motifs is 1. The van der Waals surface area contributed by atoms with Crippen molar-refractivity contribution in [1.29, 1.82) is 0 Å². The van der Waals surface area contributed by atoms with Crippen molar-refractivity contribution in [3.63, 3.8) is 0 Å². The molecule has 3 aromatic carbocycles. The van der Waals surface area contributed by atoms with Crippen LogP contribution in [0.5, 0.6) is 0 Å². The quantitative estimate of drug-likeness (QED) is 0.456. The van der Waals surface area contributed by atoms with Gasteiger partial charge in [0.25, 0.3) is 5.91 Å². The second-order valence-corrected chi connectivity index (χ2v) is 9.41. The predicted molar refractivity (Wildman–Crippen MR) is 131 cm³/mol. The average Bonchev–Trinajstić information content (AvgIpc) is 2.79. The molecule has 1 heterocycles. The maximum absolute atomic E-state index is 12.4. The van der Waals surface area contributed by atoms with Gasteiger partial charge in [0.05, 0.1) is 0 Å². The lowest BCUT2D eigenvalue weighted by Crippen LogP contribution is -2.30. The second-order valence-electron chi connectivity index (χ2n) is 7.86. The summed E-state index contributed by atoms with van der Waals surface area (Å²) in [5.41, 5.74) is 6.06. The van der Waals surface area contributed by atoms with E-state index in [1.165, 1.54) is 22.3 Å². The fraction of sp³-hybridized carbons (Fsp3) is 0.269. The molecule has 0 radical (unpaired) electrons. The summed E-state index contributed by atoms with van der Waals surface area (Å²) in [4.78, 5) is 14.9. The minimum Gasteiger partial charge on any atom is -0.351 e. The third kappa shape index (κ3) is 6.36. The van der Waals surface area contributed by atoms with Crippen molar-refractivity contribution in [3.8, 4) is 0 Å². The Morgan fingerprint density at radius 2 is 1.77 bits per heavy atom. The predicted octanol–water partition coefficient (Wildman–Crippen LogP) is 5.56. The summed E-state index contributed by atoms with van der Waals surface area (Å²) in [6.07, 6.45) is 1.10. The zero-order chi connectivity index (χ0) is 21.5. The first-order valence-corrected chi connectivity index (χ1v) is 12.2. The van der Waals surface area contributed by atoms with E-state index in [9.17, 15) is 4.79 Å². The van der Waals surface area contributed by atoms with Gasteiger partial charge >= 0.3 is 0 Å². The zero-order valence-electron chi connectivity index (χ0n) is 17.5. The van der Waals surface area contributed by atoms with Gasteiger partial charge in [-0.05, 0) is 52.9 Å². The van der Waals surface area contributed by atoms with Crippen molar-refractivity contribution in [3.05, 3.63) is 106 Å². The normalized spacial score (nSPS) is 13.6. The van der Waals surface area contributed by atoms with Gasteiger partial charge in [-0.1, -0.05) is 60.1 Å². The van der Waals surface area contributed by atoms with Crippen LogP contribution in [0, 0.1) is 0 Å². The third-order valence-electron chi connectivity index (χ3n) is 5.52. The molecule has 3 aromatic rings. The number of nitrogens with one attached hydrogen (secondary N) is 1. The Hall–Kier alpha value is -2.27. The van der Waals surface area contributed by atoms with E-state index >= 15 is 0 Å². The summed E-state index contributed by atoms with van der Waals surface area (Å²) in [5, 5.41) is 3.78. The van der Waals surface area contributed by atoms with E-state index in [1.54, 1.807) is 11.8 Å².